The van der Waals surface area contributed by atoms with Crippen LogP contribution in [-0.2, 0) is 0 Å². The highest BCUT2D eigenvalue weighted by molar-refractivity contribution is 5.22. The lowest BCUT2D eigenvalue weighted by molar-refractivity contribution is 0.348. The van der Waals surface area contributed by atoms with Gasteiger partial charge in [0.1, 0.15) is 6.07 Å². The van der Waals surface area contributed by atoms with Crippen molar-refractivity contribution in [3.05, 3.63) is 71.6 Å². The van der Waals surface area contributed by atoms with E-state index in [1.54, 1.807) is 12.1 Å². The maximum atomic E-state index is 13.5. The van der Waals surface area contributed by atoms with Gasteiger partial charge in [-0.15, -0.1) is 0 Å². The number of hydrogen-bond acceptors (Lipinski definition) is 1. The van der Waals surface area contributed by atoms with Crippen LogP contribution >= 0.6 is 0 Å². The Morgan fingerprint density at radius 3 is 1.93 bits per heavy atom. The van der Waals surface area contributed by atoms with Gasteiger partial charge in [0, 0.05) is 0 Å². The highest BCUT2D eigenvalue weighted by Gasteiger charge is 2.23. The number of hydrogen-bond donors (Lipinski definition) is 0. The minimum Gasteiger partial charge on any atom is -0.204 e. The summed E-state index contributed by atoms with van der Waals surface area (Å²) < 4.78 is 39.4. The monoisotopic (exact) mass is 399 g/mol. The van der Waals surface area contributed by atoms with Crippen molar-refractivity contribution >= 4 is 0 Å². The van der Waals surface area contributed by atoms with Gasteiger partial charge in [-0.2, -0.15) is 9.65 Å². The number of nitriles is 1. The summed E-state index contributed by atoms with van der Waals surface area (Å²) in [7, 11) is 0. The first kappa shape index (κ1) is 21.4. The lowest BCUT2D eigenvalue weighted by Crippen LogP contribution is -2.14. The molecule has 0 spiro atoms. The van der Waals surface area contributed by atoms with E-state index in [1.165, 1.54) is 24.3 Å². The molecule has 3 rings (SSSR count). The van der Waals surface area contributed by atoms with Crippen molar-refractivity contribution in [1.29, 1.82) is 5.26 Å². The van der Waals surface area contributed by atoms with Gasteiger partial charge in [-0.1, -0.05) is 30.4 Å². The molecule has 1 aromatic rings. The fourth-order valence-electron chi connectivity index (χ4n) is 4.59. The molecule has 4 heteroatoms. The van der Waals surface area contributed by atoms with Crippen molar-refractivity contribution in [2.45, 2.75) is 57.3 Å². The van der Waals surface area contributed by atoms with Crippen LogP contribution in [0.3, 0.4) is 0 Å². The van der Waals surface area contributed by atoms with E-state index in [9.17, 15) is 13.2 Å². The number of benzene rings is 1. The smallest absolute Gasteiger partial charge is 0.199 e. The average molecular weight is 400 g/mol. The lowest BCUT2D eigenvalue weighted by Gasteiger charge is -2.28. The van der Waals surface area contributed by atoms with E-state index in [0.29, 0.717) is 23.7 Å². The molecule has 0 saturated heterocycles. The summed E-state index contributed by atoms with van der Waals surface area (Å²) >= 11 is 0. The van der Waals surface area contributed by atoms with Gasteiger partial charge in [0.05, 0.1) is 0 Å². The summed E-state index contributed by atoms with van der Waals surface area (Å²) in [6.07, 6.45) is 18.3. The zero-order valence-corrected chi connectivity index (χ0v) is 16.7. The Labute approximate surface area is 171 Å². The summed E-state index contributed by atoms with van der Waals surface area (Å²) in [5.41, 5.74) is 0.919. The van der Waals surface area contributed by atoms with Gasteiger partial charge >= 0.3 is 0 Å². The van der Waals surface area contributed by atoms with Crippen molar-refractivity contribution in [3.8, 4) is 6.07 Å². The van der Waals surface area contributed by atoms with Crippen LogP contribution in [0.15, 0.2) is 54.4 Å². The predicted molar refractivity (Wildman–Crippen MR) is 110 cm³/mol. The van der Waals surface area contributed by atoms with Gasteiger partial charge in [0.25, 0.3) is 0 Å². The molecule has 2 saturated carbocycles. The topological polar surface area (TPSA) is 23.8 Å². The van der Waals surface area contributed by atoms with Crippen LogP contribution in [0.2, 0.25) is 0 Å². The van der Waals surface area contributed by atoms with Crippen LogP contribution in [0.4, 0.5) is 13.2 Å². The van der Waals surface area contributed by atoms with Crippen molar-refractivity contribution < 1.29 is 13.2 Å². The van der Waals surface area contributed by atoms with Crippen LogP contribution < -0.4 is 0 Å². The first-order chi connectivity index (χ1) is 14.0. The Morgan fingerprint density at radius 2 is 1.38 bits per heavy atom. The quantitative estimate of drug-likeness (QED) is 0.285. The van der Waals surface area contributed by atoms with Gasteiger partial charge in [-0.05, 0) is 98.8 Å². The van der Waals surface area contributed by atoms with Gasteiger partial charge in [-0.25, -0.2) is 8.78 Å². The molecular weight excluding hydrogens is 371 g/mol. The van der Waals surface area contributed by atoms with E-state index in [1.807, 2.05) is 6.08 Å². The molecule has 0 aromatic heterocycles. The van der Waals surface area contributed by atoms with E-state index in [4.69, 9.17) is 5.26 Å². The number of rotatable bonds is 5. The van der Waals surface area contributed by atoms with E-state index < -0.39 is 17.5 Å². The predicted octanol–water partition coefficient (Wildman–Crippen LogP) is 7.53. The standard InChI is InChI=1S/C25H28F3N/c26-23(17-29)3-1-2-18-4-6-19(7-5-18)8-9-20-10-12-21(13-11-20)22-14-15-24(27)25(28)16-22/h1-3,8-9,14-16,18-21H,4-7,10-13H2/b2-1?,9-8+,23-3?. The molecule has 2 aliphatic rings. The molecule has 0 atom stereocenters. The van der Waals surface area contributed by atoms with E-state index in [2.05, 4.69) is 12.2 Å². The Bertz CT molecular complexity index is 802. The Hall–Kier alpha value is -2.28. The van der Waals surface area contributed by atoms with Crippen LogP contribution in [0.1, 0.15) is 62.8 Å². The van der Waals surface area contributed by atoms with Crippen molar-refractivity contribution in [3.63, 3.8) is 0 Å². The third-order valence-corrected chi connectivity index (χ3v) is 6.39. The molecule has 0 aliphatic heterocycles. The van der Waals surface area contributed by atoms with E-state index in [0.717, 1.165) is 56.9 Å². The molecule has 0 N–H and O–H groups in total. The summed E-state index contributed by atoms with van der Waals surface area (Å²) in [4.78, 5) is 0. The second-order valence-electron chi connectivity index (χ2n) is 8.36. The summed E-state index contributed by atoms with van der Waals surface area (Å²) in [5.74, 6) is -0.297. The Balaban J connectivity index is 1.41. The molecule has 2 fully saturated rings. The SMILES string of the molecule is N#CC(F)=CC=CC1CCC(/C=C/C2CCC(c3ccc(F)c(F)c3)CC2)CC1. The first-order valence-corrected chi connectivity index (χ1v) is 10.6. The second-order valence-corrected chi connectivity index (χ2v) is 8.36. The third-order valence-electron chi connectivity index (χ3n) is 6.39. The van der Waals surface area contributed by atoms with Crippen LogP contribution in [0.5, 0.6) is 0 Å². The van der Waals surface area contributed by atoms with Crippen molar-refractivity contribution in [2.24, 2.45) is 17.8 Å². The number of allylic oxidation sites excluding steroid dienone is 6. The van der Waals surface area contributed by atoms with Gasteiger partial charge in [-0.3, -0.25) is 0 Å². The Morgan fingerprint density at radius 1 is 0.828 bits per heavy atom. The fourth-order valence-corrected chi connectivity index (χ4v) is 4.59. The largest absolute Gasteiger partial charge is 0.204 e. The molecule has 0 bridgehead atoms. The normalized spacial score (nSPS) is 28.7. The molecular formula is C25H28F3N. The molecule has 0 unspecified atom stereocenters. The van der Waals surface area contributed by atoms with Crippen molar-refractivity contribution in [2.75, 3.05) is 0 Å². The summed E-state index contributed by atoms with van der Waals surface area (Å²) in [6.45, 7) is 0. The first-order valence-electron chi connectivity index (χ1n) is 10.6. The lowest BCUT2D eigenvalue weighted by atomic mass is 9.77. The summed E-state index contributed by atoms with van der Waals surface area (Å²) in [5, 5.41) is 8.40. The summed E-state index contributed by atoms with van der Waals surface area (Å²) in [6, 6.07) is 5.78. The van der Waals surface area contributed by atoms with Gasteiger partial charge in [0.15, 0.2) is 17.5 Å². The maximum absolute atomic E-state index is 13.5. The van der Waals surface area contributed by atoms with Crippen LogP contribution in [0, 0.1) is 40.7 Å². The molecule has 0 amide bonds. The van der Waals surface area contributed by atoms with Crippen molar-refractivity contribution in [1.82, 2.24) is 0 Å². The molecule has 0 radical (unpaired) electrons. The molecule has 154 valence electrons. The van der Waals surface area contributed by atoms with Gasteiger partial charge in [0.2, 0.25) is 0 Å². The number of halogens is 3. The second kappa shape index (κ2) is 10.5. The zero-order chi connectivity index (χ0) is 20.6. The maximum Gasteiger partial charge on any atom is 0.199 e. The zero-order valence-electron chi connectivity index (χ0n) is 16.7. The minimum atomic E-state index is -0.777. The van der Waals surface area contributed by atoms with Crippen LogP contribution in [0.25, 0.3) is 0 Å². The van der Waals surface area contributed by atoms with E-state index >= 15 is 0 Å². The highest BCUT2D eigenvalue weighted by Crippen LogP contribution is 2.37. The van der Waals surface area contributed by atoms with Crippen LogP contribution in [-0.4, -0.2) is 0 Å². The number of nitrogens with zero attached hydrogens (tertiary/aromatic N) is 1. The third kappa shape index (κ3) is 6.35. The molecule has 29 heavy (non-hydrogen) atoms. The van der Waals surface area contributed by atoms with E-state index in [-0.39, 0.29) is 0 Å². The molecule has 0 heterocycles. The average Bonchev–Trinajstić information content (AvgIpc) is 2.75. The Kier molecular flexibility index (Phi) is 7.75. The highest BCUT2D eigenvalue weighted by atomic mass is 19.2. The molecule has 1 nitrogen and oxygen atoms in total. The molecule has 2 aliphatic carbocycles. The molecule has 1 aromatic carbocycles. The fraction of sp³-hybridized carbons (Fsp3) is 0.480. The minimum absolute atomic E-state index is 0.330. The van der Waals surface area contributed by atoms with Gasteiger partial charge < -0.3 is 0 Å².